The SMILES string of the molecule is CC[C@@H](Nc1nc(Nc2cncc(-n3cc(Cl)cn3)c2)c(C#N)cc1F)[C@H](C)NC(=O)O. The van der Waals surface area contributed by atoms with Crippen molar-refractivity contribution in [3.63, 3.8) is 0 Å². The summed E-state index contributed by atoms with van der Waals surface area (Å²) in [7, 11) is 0. The van der Waals surface area contributed by atoms with E-state index in [1.807, 2.05) is 13.0 Å². The first-order valence-electron chi connectivity index (χ1n) is 9.60. The maximum absolute atomic E-state index is 14.6. The summed E-state index contributed by atoms with van der Waals surface area (Å²) in [5.74, 6) is -0.728. The largest absolute Gasteiger partial charge is 0.465 e. The van der Waals surface area contributed by atoms with E-state index in [1.165, 1.54) is 17.1 Å². The van der Waals surface area contributed by atoms with Crippen molar-refractivity contribution in [1.82, 2.24) is 25.1 Å². The first-order chi connectivity index (χ1) is 15.3. The van der Waals surface area contributed by atoms with Gasteiger partial charge in [-0.2, -0.15) is 10.4 Å². The van der Waals surface area contributed by atoms with E-state index in [0.717, 1.165) is 6.07 Å². The average molecular weight is 459 g/mol. The van der Waals surface area contributed by atoms with Crippen molar-refractivity contribution >= 4 is 35.0 Å². The lowest BCUT2D eigenvalue weighted by Gasteiger charge is -2.25. The van der Waals surface area contributed by atoms with Crippen molar-refractivity contribution in [2.24, 2.45) is 0 Å². The van der Waals surface area contributed by atoms with Crippen molar-refractivity contribution in [1.29, 1.82) is 5.26 Å². The van der Waals surface area contributed by atoms with Gasteiger partial charge in [-0.05, 0) is 25.5 Å². The molecule has 0 bridgehead atoms. The number of halogens is 2. The summed E-state index contributed by atoms with van der Waals surface area (Å²) in [4.78, 5) is 19.3. The second-order valence-corrected chi connectivity index (χ2v) is 7.32. The second-order valence-electron chi connectivity index (χ2n) is 6.88. The predicted octanol–water partition coefficient (Wildman–Crippen LogP) is 3.92. The number of amides is 1. The Morgan fingerprint density at radius 3 is 2.75 bits per heavy atom. The number of rotatable bonds is 8. The summed E-state index contributed by atoms with van der Waals surface area (Å²) in [6.07, 6.45) is 5.51. The number of carboxylic acid groups (broad SMARTS) is 1. The van der Waals surface area contributed by atoms with Gasteiger partial charge in [0.1, 0.15) is 6.07 Å². The summed E-state index contributed by atoms with van der Waals surface area (Å²) in [6.45, 7) is 3.49. The molecule has 12 heteroatoms. The van der Waals surface area contributed by atoms with Gasteiger partial charge in [-0.15, -0.1) is 0 Å². The average Bonchev–Trinajstić information content (AvgIpc) is 3.19. The number of nitriles is 1. The highest BCUT2D eigenvalue weighted by Gasteiger charge is 2.21. The second kappa shape index (κ2) is 9.93. The minimum absolute atomic E-state index is 0.00894. The molecular weight excluding hydrogens is 439 g/mol. The van der Waals surface area contributed by atoms with Crippen molar-refractivity contribution in [3.8, 4) is 11.8 Å². The van der Waals surface area contributed by atoms with Crippen LogP contribution < -0.4 is 16.0 Å². The number of anilines is 3. The lowest BCUT2D eigenvalue weighted by molar-refractivity contribution is 0.189. The van der Waals surface area contributed by atoms with Crippen molar-refractivity contribution in [3.05, 3.63) is 53.3 Å². The Bertz CT molecular complexity index is 1160. The monoisotopic (exact) mass is 458 g/mol. The Morgan fingerprint density at radius 1 is 1.34 bits per heavy atom. The van der Waals surface area contributed by atoms with E-state index in [-0.39, 0.29) is 17.2 Å². The first-order valence-corrected chi connectivity index (χ1v) is 9.97. The molecule has 0 saturated carbocycles. The van der Waals surface area contributed by atoms with E-state index in [2.05, 4.69) is 31.0 Å². The van der Waals surface area contributed by atoms with Gasteiger partial charge >= 0.3 is 6.09 Å². The van der Waals surface area contributed by atoms with Crippen molar-refractivity contribution in [2.45, 2.75) is 32.4 Å². The predicted molar refractivity (Wildman–Crippen MR) is 117 cm³/mol. The molecule has 3 heterocycles. The van der Waals surface area contributed by atoms with Crippen LogP contribution in [0.1, 0.15) is 25.8 Å². The Kier molecular flexibility index (Phi) is 7.07. The van der Waals surface area contributed by atoms with Crippen LogP contribution in [0, 0.1) is 17.1 Å². The van der Waals surface area contributed by atoms with Crippen LogP contribution in [0.4, 0.5) is 26.5 Å². The smallest absolute Gasteiger partial charge is 0.404 e. The normalized spacial score (nSPS) is 12.5. The molecule has 0 radical (unpaired) electrons. The van der Waals surface area contributed by atoms with Crippen LogP contribution in [0.25, 0.3) is 5.69 Å². The molecule has 0 aliphatic heterocycles. The molecule has 166 valence electrons. The molecule has 3 aromatic heterocycles. The van der Waals surface area contributed by atoms with Gasteiger partial charge in [0.2, 0.25) is 0 Å². The molecular formula is C20H20ClFN8O2. The zero-order chi connectivity index (χ0) is 23.3. The van der Waals surface area contributed by atoms with Crippen LogP contribution in [-0.4, -0.2) is 43.0 Å². The van der Waals surface area contributed by atoms with Crippen LogP contribution in [0.5, 0.6) is 0 Å². The van der Waals surface area contributed by atoms with Crippen LogP contribution in [0.15, 0.2) is 36.9 Å². The number of hydrogen-bond acceptors (Lipinski definition) is 7. The fourth-order valence-corrected chi connectivity index (χ4v) is 3.16. The zero-order valence-corrected chi connectivity index (χ0v) is 17.9. The highest BCUT2D eigenvalue weighted by atomic mass is 35.5. The maximum Gasteiger partial charge on any atom is 0.404 e. The van der Waals surface area contributed by atoms with Gasteiger partial charge in [-0.1, -0.05) is 18.5 Å². The number of nitrogens with zero attached hydrogens (tertiary/aromatic N) is 5. The number of hydrogen-bond donors (Lipinski definition) is 4. The standard InChI is InChI=1S/C20H20ClFN8O2/c1-3-17(11(2)26-20(31)32)28-19-16(22)4-12(6-23)18(29-19)27-14-5-15(9-24-8-14)30-10-13(21)7-25-30/h4-5,7-11,17,26H,3H2,1-2H3,(H,31,32)(H2,27,28,29)/t11-,17+/m0/s1. The minimum Gasteiger partial charge on any atom is -0.465 e. The van der Waals surface area contributed by atoms with E-state index in [9.17, 15) is 14.4 Å². The zero-order valence-electron chi connectivity index (χ0n) is 17.2. The fourth-order valence-electron chi connectivity index (χ4n) is 3.02. The Hall–Kier alpha value is -3.91. The van der Waals surface area contributed by atoms with Crippen LogP contribution in [0.2, 0.25) is 5.02 Å². The van der Waals surface area contributed by atoms with E-state index < -0.39 is 24.0 Å². The minimum atomic E-state index is -1.18. The number of carbonyl (C=O) groups is 1. The van der Waals surface area contributed by atoms with Gasteiger partial charge in [-0.25, -0.2) is 18.9 Å². The number of pyridine rings is 2. The maximum atomic E-state index is 14.6. The summed E-state index contributed by atoms with van der Waals surface area (Å²) in [5, 5.41) is 31.2. The van der Waals surface area contributed by atoms with Crippen LogP contribution in [-0.2, 0) is 0 Å². The Balaban J connectivity index is 1.89. The summed E-state index contributed by atoms with van der Waals surface area (Å²) in [5.41, 5.74) is 1.09. The van der Waals surface area contributed by atoms with Crippen molar-refractivity contribution < 1.29 is 14.3 Å². The fraction of sp³-hybridized carbons (Fsp3) is 0.250. The third kappa shape index (κ3) is 5.41. The third-order valence-corrected chi connectivity index (χ3v) is 4.81. The van der Waals surface area contributed by atoms with E-state index in [4.69, 9.17) is 16.7 Å². The summed E-state index contributed by atoms with van der Waals surface area (Å²) >= 11 is 5.91. The van der Waals surface area contributed by atoms with E-state index in [0.29, 0.717) is 22.8 Å². The van der Waals surface area contributed by atoms with Crippen LogP contribution in [0.3, 0.4) is 0 Å². The van der Waals surface area contributed by atoms with E-state index >= 15 is 0 Å². The molecule has 32 heavy (non-hydrogen) atoms. The molecule has 0 spiro atoms. The highest BCUT2D eigenvalue weighted by Crippen LogP contribution is 2.25. The molecule has 0 aliphatic rings. The Labute approximate surface area is 188 Å². The molecule has 0 unspecified atom stereocenters. The molecule has 1 amide bonds. The van der Waals surface area contributed by atoms with Crippen molar-refractivity contribution in [2.75, 3.05) is 10.6 Å². The van der Waals surface area contributed by atoms with Gasteiger partial charge < -0.3 is 21.1 Å². The highest BCUT2D eigenvalue weighted by molar-refractivity contribution is 6.30. The summed E-state index contributed by atoms with van der Waals surface area (Å²) in [6, 6.07) is 3.75. The topological polar surface area (TPSA) is 141 Å². The first kappa shape index (κ1) is 22.8. The molecule has 0 aromatic carbocycles. The number of nitrogens with one attached hydrogen (secondary N) is 3. The molecule has 10 nitrogen and oxygen atoms in total. The molecule has 0 saturated heterocycles. The Morgan fingerprint density at radius 2 is 2.12 bits per heavy atom. The molecule has 3 rings (SSSR count). The lowest BCUT2D eigenvalue weighted by Crippen LogP contribution is -2.44. The van der Waals surface area contributed by atoms with Gasteiger partial charge in [0.15, 0.2) is 17.5 Å². The molecule has 4 N–H and O–H groups in total. The molecule has 0 aliphatic carbocycles. The van der Waals surface area contributed by atoms with Gasteiger partial charge in [0, 0.05) is 18.3 Å². The molecule has 2 atom stereocenters. The molecule has 3 aromatic rings. The number of aromatic nitrogens is 4. The third-order valence-electron chi connectivity index (χ3n) is 4.62. The van der Waals surface area contributed by atoms with Gasteiger partial charge in [-0.3, -0.25) is 4.98 Å². The van der Waals surface area contributed by atoms with Gasteiger partial charge in [0.05, 0.1) is 40.6 Å². The van der Waals surface area contributed by atoms with Crippen LogP contribution >= 0.6 is 11.6 Å². The lowest BCUT2D eigenvalue weighted by atomic mass is 10.1. The molecule has 0 fully saturated rings. The van der Waals surface area contributed by atoms with Gasteiger partial charge in [0.25, 0.3) is 0 Å². The van der Waals surface area contributed by atoms with E-state index in [1.54, 1.807) is 25.4 Å². The summed E-state index contributed by atoms with van der Waals surface area (Å²) < 4.78 is 16.1. The quantitative estimate of drug-likeness (QED) is 0.398.